The number of rotatable bonds is 6. The van der Waals surface area contributed by atoms with Gasteiger partial charge in [0.25, 0.3) is 5.41 Å². The van der Waals surface area contributed by atoms with Gasteiger partial charge in [0.1, 0.15) is 0 Å². The average molecular weight is 264 g/mol. The van der Waals surface area contributed by atoms with E-state index in [4.69, 9.17) is 15.3 Å². The quantitative estimate of drug-likeness (QED) is 0.520. The Morgan fingerprint density at radius 3 is 1.95 bits per heavy atom. The van der Waals surface area contributed by atoms with E-state index >= 15 is 0 Å². The van der Waals surface area contributed by atoms with E-state index in [2.05, 4.69) is 6.58 Å². The second-order valence-electron chi connectivity index (χ2n) is 3.82. The molecule has 0 atom stereocenters. The van der Waals surface area contributed by atoms with E-state index in [1.807, 2.05) is 0 Å². The van der Waals surface area contributed by atoms with Crippen molar-refractivity contribution in [1.82, 2.24) is 0 Å². The van der Waals surface area contributed by atoms with Gasteiger partial charge in [0.05, 0.1) is 0 Å². The van der Waals surface area contributed by atoms with Crippen LogP contribution in [0.1, 0.15) is 11.1 Å². The Morgan fingerprint density at radius 1 is 1.05 bits per heavy atom. The summed E-state index contributed by atoms with van der Waals surface area (Å²) in [6, 6.07) is 5.62. The highest BCUT2D eigenvalue weighted by Gasteiger charge is 2.57. The Labute approximate surface area is 108 Å². The number of hydrogen-bond acceptors (Lipinski definition) is 3. The Balaban J connectivity index is 3.67. The molecular formula is C13H12O6. The fourth-order valence-electron chi connectivity index (χ4n) is 1.84. The third-order valence-electron chi connectivity index (χ3n) is 2.75. The third-order valence-corrected chi connectivity index (χ3v) is 2.75. The maximum absolute atomic E-state index is 11.3. The van der Waals surface area contributed by atoms with Crippen molar-refractivity contribution in [2.24, 2.45) is 0 Å². The lowest BCUT2D eigenvalue weighted by atomic mass is 9.77. The van der Waals surface area contributed by atoms with Gasteiger partial charge in [0, 0.05) is 0 Å². The lowest BCUT2D eigenvalue weighted by Gasteiger charge is -2.23. The fraction of sp³-hybridized carbons (Fsp3) is 0.154. The molecule has 0 saturated carbocycles. The summed E-state index contributed by atoms with van der Waals surface area (Å²) in [6.07, 6.45) is 1.61. The van der Waals surface area contributed by atoms with Crippen LogP contribution in [0.3, 0.4) is 0 Å². The number of aliphatic carboxylic acids is 3. The zero-order chi connectivity index (χ0) is 14.6. The number of carboxylic acids is 3. The van der Waals surface area contributed by atoms with Crippen LogP contribution in [-0.2, 0) is 26.2 Å². The second-order valence-corrected chi connectivity index (χ2v) is 3.82. The molecule has 0 saturated heterocycles. The second kappa shape index (κ2) is 5.34. The van der Waals surface area contributed by atoms with Crippen molar-refractivity contribution in [2.45, 2.75) is 11.8 Å². The molecule has 6 nitrogen and oxygen atoms in total. The first kappa shape index (κ1) is 14.4. The molecule has 0 aromatic heterocycles. The predicted molar refractivity (Wildman–Crippen MR) is 64.9 cm³/mol. The summed E-state index contributed by atoms with van der Waals surface area (Å²) >= 11 is 0. The molecule has 3 N–H and O–H groups in total. The average Bonchev–Trinajstić information content (AvgIpc) is 2.31. The molecule has 1 aromatic rings. The van der Waals surface area contributed by atoms with Crippen LogP contribution in [0, 0.1) is 0 Å². The zero-order valence-corrected chi connectivity index (χ0v) is 9.87. The number of allylic oxidation sites excluding steroid dienone is 1. The normalized spacial score (nSPS) is 10.7. The van der Waals surface area contributed by atoms with Gasteiger partial charge in [0.15, 0.2) is 0 Å². The maximum Gasteiger partial charge on any atom is 0.337 e. The maximum atomic E-state index is 11.3. The van der Waals surface area contributed by atoms with Crippen LogP contribution in [-0.4, -0.2) is 33.2 Å². The van der Waals surface area contributed by atoms with Crippen molar-refractivity contribution in [3.8, 4) is 0 Å². The largest absolute Gasteiger partial charge is 0.480 e. The predicted octanol–water partition coefficient (Wildman–Crippen LogP) is 0.907. The minimum atomic E-state index is -3.01. The standard InChI is InChI=1S/C13H12O6/c1-2-5-8-6-3-4-7-9(8)13(10(14)15,11(16)17)12(18)19/h2-4,6-7H,1,5H2,(H,14,15)(H,16,17)(H,18,19). The van der Waals surface area contributed by atoms with Crippen molar-refractivity contribution in [1.29, 1.82) is 0 Å². The van der Waals surface area contributed by atoms with Gasteiger partial charge in [-0.1, -0.05) is 30.3 Å². The van der Waals surface area contributed by atoms with Gasteiger partial charge in [-0.15, -0.1) is 6.58 Å². The highest BCUT2D eigenvalue weighted by atomic mass is 16.4. The van der Waals surface area contributed by atoms with E-state index in [1.54, 1.807) is 6.07 Å². The number of carboxylic acid groups (broad SMARTS) is 3. The third kappa shape index (κ3) is 2.20. The Hall–Kier alpha value is -2.63. The van der Waals surface area contributed by atoms with Gasteiger partial charge in [0.2, 0.25) is 0 Å². The Bertz CT molecular complexity index is 510. The summed E-state index contributed by atoms with van der Waals surface area (Å²) < 4.78 is 0. The van der Waals surface area contributed by atoms with Gasteiger partial charge in [-0.25, -0.2) is 14.4 Å². The van der Waals surface area contributed by atoms with E-state index in [0.29, 0.717) is 5.56 Å². The topological polar surface area (TPSA) is 112 Å². The summed E-state index contributed by atoms with van der Waals surface area (Å²) in [4.78, 5) is 33.8. The SMILES string of the molecule is C=CCc1ccccc1C(C(=O)O)(C(=O)O)C(=O)O. The van der Waals surface area contributed by atoms with Crippen molar-refractivity contribution in [3.63, 3.8) is 0 Å². The molecule has 0 spiro atoms. The molecule has 0 aliphatic rings. The smallest absolute Gasteiger partial charge is 0.337 e. The van der Waals surface area contributed by atoms with Crippen LogP contribution < -0.4 is 0 Å². The molecule has 100 valence electrons. The van der Waals surface area contributed by atoms with E-state index in [0.717, 1.165) is 0 Å². The van der Waals surface area contributed by atoms with Crippen LogP contribution in [0.2, 0.25) is 0 Å². The summed E-state index contributed by atoms with van der Waals surface area (Å²) in [5.41, 5.74) is -2.99. The summed E-state index contributed by atoms with van der Waals surface area (Å²) in [7, 11) is 0. The minimum absolute atomic E-state index is 0.172. The molecule has 1 aromatic carbocycles. The van der Waals surface area contributed by atoms with Crippen molar-refractivity contribution < 1.29 is 29.7 Å². The van der Waals surface area contributed by atoms with Crippen LogP contribution in [0.25, 0.3) is 0 Å². The van der Waals surface area contributed by atoms with Crippen molar-refractivity contribution in [3.05, 3.63) is 48.0 Å². The van der Waals surface area contributed by atoms with E-state index in [9.17, 15) is 14.4 Å². The highest BCUT2D eigenvalue weighted by molar-refractivity contribution is 6.22. The summed E-state index contributed by atoms with van der Waals surface area (Å²) in [6.45, 7) is 3.47. The molecule has 0 unspecified atom stereocenters. The van der Waals surface area contributed by atoms with Crippen LogP contribution >= 0.6 is 0 Å². The van der Waals surface area contributed by atoms with Gasteiger partial charge < -0.3 is 15.3 Å². The molecule has 0 aliphatic heterocycles. The first-order valence-corrected chi connectivity index (χ1v) is 5.28. The van der Waals surface area contributed by atoms with Gasteiger partial charge in [-0.3, -0.25) is 0 Å². The molecule has 1 rings (SSSR count). The number of benzene rings is 1. The Morgan fingerprint density at radius 2 is 1.53 bits per heavy atom. The van der Waals surface area contributed by atoms with Gasteiger partial charge in [-0.05, 0) is 17.5 Å². The van der Waals surface area contributed by atoms with E-state index in [-0.39, 0.29) is 12.0 Å². The summed E-state index contributed by atoms with van der Waals surface area (Å²) in [5, 5.41) is 27.4. The van der Waals surface area contributed by atoms with E-state index < -0.39 is 23.3 Å². The van der Waals surface area contributed by atoms with E-state index in [1.165, 1.54) is 24.3 Å². The fourth-order valence-corrected chi connectivity index (χ4v) is 1.84. The molecule has 19 heavy (non-hydrogen) atoms. The monoisotopic (exact) mass is 264 g/mol. The van der Waals surface area contributed by atoms with Crippen LogP contribution in [0.5, 0.6) is 0 Å². The van der Waals surface area contributed by atoms with Crippen LogP contribution in [0.4, 0.5) is 0 Å². The highest BCUT2D eigenvalue weighted by Crippen LogP contribution is 2.29. The molecule has 6 heteroatoms. The number of hydrogen-bond donors (Lipinski definition) is 3. The first-order chi connectivity index (χ1) is 8.88. The number of carbonyl (C=O) groups is 3. The van der Waals surface area contributed by atoms with Crippen molar-refractivity contribution >= 4 is 17.9 Å². The van der Waals surface area contributed by atoms with Gasteiger partial charge in [-0.2, -0.15) is 0 Å². The van der Waals surface area contributed by atoms with Crippen LogP contribution in [0.15, 0.2) is 36.9 Å². The van der Waals surface area contributed by atoms with Crippen molar-refractivity contribution in [2.75, 3.05) is 0 Å². The molecule has 0 radical (unpaired) electrons. The molecule has 0 bridgehead atoms. The van der Waals surface area contributed by atoms with Gasteiger partial charge >= 0.3 is 17.9 Å². The molecular weight excluding hydrogens is 252 g/mol. The summed E-state index contributed by atoms with van der Waals surface area (Å²) in [5.74, 6) is -5.82. The molecule has 0 amide bonds. The first-order valence-electron chi connectivity index (χ1n) is 5.28. The molecule has 0 aliphatic carbocycles. The molecule has 0 fully saturated rings. The minimum Gasteiger partial charge on any atom is -0.480 e. The lowest BCUT2D eigenvalue weighted by Crippen LogP contribution is -2.51. The Kier molecular flexibility index (Phi) is 4.06. The lowest BCUT2D eigenvalue weighted by molar-refractivity contribution is -0.167. The molecule has 0 heterocycles. The zero-order valence-electron chi connectivity index (χ0n) is 9.87.